The molecule has 128 valence electrons. The number of halogens is 1. The van der Waals surface area contributed by atoms with Crippen LogP contribution in [0.15, 0.2) is 47.8 Å². The first kappa shape index (κ1) is 18.4. The van der Waals surface area contributed by atoms with Crippen LogP contribution in [0.3, 0.4) is 0 Å². The number of imidazole rings is 1. The van der Waals surface area contributed by atoms with Crippen LogP contribution in [0.4, 0.5) is 0 Å². The first-order valence-electron chi connectivity index (χ1n) is 6.84. The molecule has 7 nitrogen and oxygen atoms in total. The van der Waals surface area contributed by atoms with E-state index in [9.17, 15) is 8.42 Å². The van der Waals surface area contributed by atoms with Gasteiger partial charge in [0.25, 0.3) is 0 Å². The van der Waals surface area contributed by atoms with Crippen molar-refractivity contribution in [3.8, 4) is 17.0 Å². The number of hydrogen-bond donors (Lipinski definition) is 0. The number of rotatable bonds is 4. The first-order chi connectivity index (χ1) is 10.9. The van der Waals surface area contributed by atoms with E-state index in [1.807, 2.05) is 6.20 Å². The average Bonchev–Trinajstić information content (AvgIpc) is 2.98. The number of ether oxygens (including phenoxy) is 1. The van der Waals surface area contributed by atoms with Gasteiger partial charge in [-0.05, 0) is 24.3 Å². The lowest BCUT2D eigenvalue weighted by Crippen LogP contribution is -2.22. The maximum atomic E-state index is 12.5. The minimum Gasteiger partial charge on any atom is -0.495 e. The van der Waals surface area contributed by atoms with Crippen molar-refractivity contribution in [1.82, 2.24) is 18.7 Å². The molecule has 0 saturated carbocycles. The summed E-state index contributed by atoms with van der Waals surface area (Å²) >= 11 is 0. The van der Waals surface area contributed by atoms with Crippen LogP contribution in [-0.4, -0.2) is 48.3 Å². The zero-order valence-electron chi connectivity index (χ0n) is 13.4. The van der Waals surface area contributed by atoms with Crippen molar-refractivity contribution in [3.63, 3.8) is 0 Å². The van der Waals surface area contributed by atoms with Gasteiger partial charge in [-0.15, -0.1) is 17.0 Å². The van der Waals surface area contributed by atoms with E-state index < -0.39 is 10.0 Å². The molecule has 0 unspecified atom stereocenters. The van der Waals surface area contributed by atoms with E-state index in [4.69, 9.17) is 4.74 Å². The van der Waals surface area contributed by atoms with Gasteiger partial charge >= 0.3 is 0 Å². The summed E-state index contributed by atoms with van der Waals surface area (Å²) in [5, 5.41) is 0. The van der Waals surface area contributed by atoms with Gasteiger partial charge in [0.2, 0.25) is 15.8 Å². The first-order valence-corrected chi connectivity index (χ1v) is 8.28. The van der Waals surface area contributed by atoms with E-state index in [-0.39, 0.29) is 21.9 Å². The molecule has 2 aromatic heterocycles. The number of benzene rings is 1. The van der Waals surface area contributed by atoms with E-state index >= 15 is 0 Å². The highest BCUT2D eigenvalue weighted by molar-refractivity contribution is 8.93. The maximum Gasteiger partial charge on any atom is 0.246 e. The molecule has 0 saturated heterocycles. The van der Waals surface area contributed by atoms with E-state index in [0.717, 1.165) is 4.31 Å². The standard InChI is InChI=1S/C15H16N4O3S.BrH/c1-18(2)23(20,21)14-9-11(5-6-13(14)22-3)12-10-19-8-4-7-16-15(19)17-12;/h4-10H,1-3H3;1H. The minimum absolute atomic E-state index is 0. The number of sulfonamides is 1. The summed E-state index contributed by atoms with van der Waals surface area (Å²) in [7, 11) is 0.786. The third-order valence-electron chi connectivity index (χ3n) is 3.45. The highest BCUT2D eigenvalue weighted by Crippen LogP contribution is 2.30. The molecule has 0 aliphatic carbocycles. The van der Waals surface area contributed by atoms with Gasteiger partial charge in [0.1, 0.15) is 10.6 Å². The normalized spacial score (nSPS) is 11.5. The lowest BCUT2D eigenvalue weighted by atomic mass is 10.1. The molecule has 3 aromatic rings. The molecule has 0 N–H and O–H groups in total. The van der Waals surface area contributed by atoms with Crippen LogP contribution < -0.4 is 4.74 Å². The molecule has 0 radical (unpaired) electrons. The smallest absolute Gasteiger partial charge is 0.246 e. The topological polar surface area (TPSA) is 76.8 Å². The Balaban J connectivity index is 0.00000208. The second kappa shape index (κ2) is 6.88. The molecular formula is C15H17BrN4O3S. The van der Waals surface area contributed by atoms with Gasteiger partial charge in [-0.2, -0.15) is 0 Å². The summed E-state index contributed by atoms with van der Waals surface area (Å²) in [5.74, 6) is 0.847. The van der Waals surface area contributed by atoms with E-state index in [0.29, 0.717) is 22.8 Å². The molecule has 9 heteroatoms. The molecule has 0 aliphatic heterocycles. The fraction of sp³-hybridized carbons (Fsp3) is 0.200. The maximum absolute atomic E-state index is 12.5. The van der Waals surface area contributed by atoms with Crippen molar-refractivity contribution in [2.45, 2.75) is 4.90 Å². The number of hydrogen-bond acceptors (Lipinski definition) is 5. The molecule has 0 aliphatic rings. The SMILES string of the molecule is Br.COc1ccc(-c2cn3cccnc3n2)cc1S(=O)(=O)N(C)C. The van der Waals surface area contributed by atoms with Gasteiger partial charge in [-0.3, -0.25) is 4.40 Å². The Kier molecular flexibility index (Phi) is 5.26. The van der Waals surface area contributed by atoms with Crippen molar-refractivity contribution >= 4 is 32.8 Å². The molecule has 0 bridgehead atoms. The Labute approximate surface area is 150 Å². The van der Waals surface area contributed by atoms with Crippen molar-refractivity contribution in [1.29, 1.82) is 0 Å². The van der Waals surface area contributed by atoms with Crippen molar-refractivity contribution in [3.05, 3.63) is 42.9 Å². The Hall–Kier alpha value is -1.97. The van der Waals surface area contributed by atoms with Crippen molar-refractivity contribution in [2.24, 2.45) is 0 Å². The van der Waals surface area contributed by atoms with E-state index in [1.165, 1.54) is 21.2 Å². The molecule has 24 heavy (non-hydrogen) atoms. The molecule has 1 aromatic carbocycles. The summed E-state index contributed by atoms with van der Waals surface area (Å²) in [4.78, 5) is 8.67. The Bertz CT molecular complexity index is 937. The predicted molar refractivity (Wildman–Crippen MR) is 96.2 cm³/mol. The molecule has 0 fully saturated rings. The lowest BCUT2D eigenvalue weighted by molar-refractivity contribution is 0.400. The van der Waals surface area contributed by atoms with Crippen LogP contribution >= 0.6 is 17.0 Å². The molecule has 0 amide bonds. The quantitative estimate of drug-likeness (QED) is 0.656. The number of nitrogens with zero attached hydrogens (tertiary/aromatic N) is 4. The minimum atomic E-state index is -3.62. The lowest BCUT2D eigenvalue weighted by Gasteiger charge is -2.15. The fourth-order valence-corrected chi connectivity index (χ4v) is 3.28. The van der Waals surface area contributed by atoms with Crippen LogP contribution in [0, 0.1) is 0 Å². The van der Waals surface area contributed by atoms with E-state index in [1.54, 1.807) is 41.1 Å². The largest absolute Gasteiger partial charge is 0.495 e. The highest BCUT2D eigenvalue weighted by atomic mass is 79.9. The molecule has 0 atom stereocenters. The number of methoxy groups -OCH3 is 1. The Morgan fingerprint density at radius 2 is 2.00 bits per heavy atom. The summed E-state index contributed by atoms with van der Waals surface area (Å²) < 4.78 is 33.1. The van der Waals surface area contributed by atoms with Gasteiger partial charge in [-0.25, -0.2) is 22.7 Å². The van der Waals surface area contributed by atoms with Crippen molar-refractivity contribution in [2.75, 3.05) is 21.2 Å². The van der Waals surface area contributed by atoms with Gasteiger partial charge in [0.05, 0.1) is 12.8 Å². The molecular weight excluding hydrogens is 396 g/mol. The number of aromatic nitrogens is 3. The van der Waals surface area contributed by atoms with Crippen LogP contribution in [0.2, 0.25) is 0 Å². The molecule has 3 rings (SSSR count). The van der Waals surface area contributed by atoms with Gasteiger partial charge in [-0.1, -0.05) is 0 Å². The zero-order chi connectivity index (χ0) is 16.6. The molecule has 0 spiro atoms. The third-order valence-corrected chi connectivity index (χ3v) is 5.29. The monoisotopic (exact) mass is 412 g/mol. The molecule has 2 heterocycles. The second-order valence-corrected chi connectivity index (χ2v) is 7.23. The zero-order valence-corrected chi connectivity index (χ0v) is 15.9. The summed E-state index contributed by atoms with van der Waals surface area (Å²) in [5.41, 5.74) is 1.32. The van der Waals surface area contributed by atoms with Crippen LogP contribution in [-0.2, 0) is 10.0 Å². The summed E-state index contributed by atoms with van der Waals surface area (Å²) in [6, 6.07) is 6.77. The van der Waals surface area contributed by atoms with E-state index in [2.05, 4.69) is 9.97 Å². The van der Waals surface area contributed by atoms with Crippen molar-refractivity contribution < 1.29 is 13.2 Å². The summed E-state index contributed by atoms with van der Waals surface area (Å²) in [6.07, 6.45) is 5.29. The Morgan fingerprint density at radius 1 is 1.25 bits per heavy atom. The third kappa shape index (κ3) is 3.14. The van der Waals surface area contributed by atoms with Gasteiger partial charge in [0.15, 0.2) is 0 Å². The Morgan fingerprint density at radius 3 is 2.62 bits per heavy atom. The summed E-state index contributed by atoms with van der Waals surface area (Å²) in [6.45, 7) is 0. The van der Waals surface area contributed by atoms with Crippen LogP contribution in [0.25, 0.3) is 17.0 Å². The highest BCUT2D eigenvalue weighted by Gasteiger charge is 2.23. The second-order valence-electron chi connectivity index (χ2n) is 5.11. The fourth-order valence-electron chi connectivity index (χ4n) is 2.20. The predicted octanol–water partition coefficient (Wildman–Crippen LogP) is 2.23. The van der Waals surface area contributed by atoms with Crippen LogP contribution in [0.5, 0.6) is 5.75 Å². The average molecular weight is 413 g/mol. The van der Waals surface area contributed by atoms with Gasteiger partial charge < -0.3 is 4.74 Å². The number of fused-ring (bicyclic) bond motifs is 1. The van der Waals surface area contributed by atoms with Gasteiger partial charge in [0, 0.05) is 38.2 Å². The van der Waals surface area contributed by atoms with Crippen LogP contribution in [0.1, 0.15) is 0 Å².